The molecule has 1 aromatic heterocycles. The van der Waals surface area contributed by atoms with Crippen LogP contribution in [-0.2, 0) is 17.8 Å². The largest absolute Gasteiger partial charge is 0.325 e. The first kappa shape index (κ1) is 20.5. The number of carbonyl (C=O) groups excluding carboxylic acids is 2. The Labute approximate surface area is 173 Å². The van der Waals surface area contributed by atoms with Gasteiger partial charge in [-0.25, -0.2) is 4.98 Å². The molecule has 0 aliphatic carbocycles. The number of ketones is 1. The van der Waals surface area contributed by atoms with Gasteiger partial charge in [0.05, 0.1) is 0 Å². The lowest BCUT2D eigenvalue weighted by atomic mass is 10.1. The van der Waals surface area contributed by atoms with Gasteiger partial charge in [0.25, 0.3) is 5.56 Å². The number of carbonyl (C=O) groups is 2. The van der Waals surface area contributed by atoms with Gasteiger partial charge in [-0.15, -0.1) is 0 Å². The third-order valence-electron chi connectivity index (χ3n) is 4.38. The third kappa shape index (κ3) is 4.97. The van der Waals surface area contributed by atoms with Gasteiger partial charge in [0.2, 0.25) is 5.91 Å². The SMILES string of the molecule is CCc1cc(=O)n(CC(=O)Nc2ccc(C(C)=O)cc2)c(-c2cccc(Cl)c2)n1. The van der Waals surface area contributed by atoms with Crippen LogP contribution in [0.25, 0.3) is 11.4 Å². The predicted octanol–water partition coefficient (Wildman–Crippen LogP) is 3.97. The molecule has 3 aromatic rings. The van der Waals surface area contributed by atoms with E-state index >= 15 is 0 Å². The summed E-state index contributed by atoms with van der Waals surface area (Å²) in [4.78, 5) is 41.1. The monoisotopic (exact) mass is 409 g/mol. The lowest BCUT2D eigenvalue weighted by molar-refractivity contribution is -0.116. The number of amides is 1. The van der Waals surface area contributed by atoms with Gasteiger partial charge in [-0.3, -0.25) is 19.0 Å². The zero-order valence-electron chi connectivity index (χ0n) is 16.1. The van der Waals surface area contributed by atoms with Crippen LogP contribution >= 0.6 is 11.6 Å². The molecule has 0 unspecified atom stereocenters. The molecular formula is C22H20ClN3O3. The lowest BCUT2D eigenvalue weighted by Crippen LogP contribution is -2.30. The number of Topliss-reactive ketones (excluding diaryl/α,β-unsaturated/α-hetero) is 1. The number of nitrogens with zero attached hydrogens (tertiary/aromatic N) is 2. The van der Waals surface area contributed by atoms with E-state index in [9.17, 15) is 14.4 Å². The van der Waals surface area contributed by atoms with Gasteiger partial charge < -0.3 is 5.32 Å². The van der Waals surface area contributed by atoms with Crippen LogP contribution in [0.15, 0.2) is 59.4 Å². The molecule has 29 heavy (non-hydrogen) atoms. The fraction of sp³-hybridized carbons (Fsp3) is 0.182. The summed E-state index contributed by atoms with van der Waals surface area (Å²) in [6.45, 7) is 3.18. The molecule has 3 rings (SSSR count). The lowest BCUT2D eigenvalue weighted by Gasteiger charge is -2.14. The van der Waals surface area contributed by atoms with E-state index in [1.165, 1.54) is 17.6 Å². The number of hydrogen-bond acceptors (Lipinski definition) is 4. The van der Waals surface area contributed by atoms with Crippen LogP contribution < -0.4 is 10.9 Å². The van der Waals surface area contributed by atoms with E-state index in [0.29, 0.717) is 39.8 Å². The van der Waals surface area contributed by atoms with Crippen LogP contribution in [0.3, 0.4) is 0 Å². The van der Waals surface area contributed by atoms with Crippen molar-refractivity contribution in [2.45, 2.75) is 26.8 Å². The molecule has 0 aliphatic rings. The Kier molecular flexibility index (Phi) is 6.24. The van der Waals surface area contributed by atoms with Gasteiger partial charge in [0.15, 0.2) is 5.78 Å². The summed E-state index contributed by atoms with van der Waals surface area (Å²) in [5.41, 5.74) is 2.08. The Hall–Kier alpha value is -3.25. The fourth-order valence-corrected chi connectivity index (χ4v) is 3.06. The number of aromatic nitrogens is 2. The quantitative estimate of drug-likeness (QED) is 0.624. The minimum atomic E-state index is -0.378. The maximum absolute atomic E-state index is 12.7. The van der Waals surface area contributed by atoms with Crippen molar-refractivity contribution in [3.8, 4) is 11.4 Å². The molecule has 0 fully saturated rings. The Morgan fingerprint density at radius 2 is 1.83 bits per heavy atom. The first-order valence-electron chi connectivity index (χ1n) is 9.15. The molecule has 148 valence electrons. The Balaban J connectivity index is 1.90. The standard InChI is InChI=1S/C22H20ClN3O3/c1-3-18-12-21(29)26(22(25-18)16-5-4-6-17(23)11-16)13-20(28)24-19-9-7-15(8-10-19)14(2)27/h4-12H,3,13H2,1-2H3,(H,24,28). The number of benzene rings is 2. The Morgan fingerprint density at radius 3 is 2.45 bits per heavy atom. The summed E-state index contributed by atoms with van der Waals surface area (Å²) in [6, 6.07) is 15.0. The number of halogens is 1. The number of rotatable bonds is 6. The minimum absolute atomic E-state index is 0.0531. The van der Waals surface area contributed by atoms with Gasteiger partial charge in [-0.05, 0) is 49.7 Å². The fourth-order valence-electron chi connectivity index (χ4n) is 2.87. The highest BCUT2D eigenvalue weighted by Crippen LogP contribution is 2.21. The maximum atomic E-state index is 12.7. The highest BCUT2D eigenvalue weighted by atomic mass is 35.5. The van der Waals surface area contributed by atoms with Crippen molar-refractivity contribution in [2.75, 3.05) is 5.32 Å². The van der Waals surface area contributed by atoms with Crippen molar-refractivity contribution < 1.29 is 9.59 Å². The van der Waals surface area contributed by atoms with E-state index in [1.54, 1.807) is 48.5 Å². The van der Waals surface area contributed by atoms with Crippen LogP contribution in [-0.4, -0.2) is 21.2 Å². The molecule has 1 N–H and O–H groups in total. The number of nitrogens with one attached hydrogen (secondary N) is 1. The van der Waals surface area contributed by atoms with E-state index in [1.807, 2.05) is 6.92 Å². The molecule has 0 atom stereocenters. The van der Waals surface area contributed by atoms with E-state index in [4.69, 9.17) is 11.6 Å². The zero-order valence-corrected chi connectivity index (χ0v) is 16.9. The minimum Gasteiger partial charge on any atom is -0.325 e. The van der Waals surface area contributed by atoms with Crippen molar-refractivity contribution in [1.82, 2.24) is 9.55 Å². The van der Waals surface area contributed by atoms with Gasteiger partial charge in [-0.2, -0.15) is 0 Å². The topological polar surface area (TPSA) is 81.1 Å². The van der Waals surface area contributed by atoms with Gasteiger partial charge in [0, 0.05) is 33.6 Å². The summed E-state index contributed by atoms with van der Waals surface area (Å²) in [5.74, 6) is -0.0430. The molecule has 6 nitrogen and oxygen atoms in total. The van der Waals surface area contributed by atoms with Crippen molar-refractivity contribution in [3.05, 3.63) is 81.2 Å². The highest BCUT2D eigenvalue weighted by Gasteiger charge is 2.14. The molecule has 1 amide bonds. The summed E-state index contributed by atoms with van der Waals surface area (Å²) in [7, 11) is 0. The molecule has 0 saturated carbocycles. The highest BCUT2D eigenvalue weighted by molar-refractivity contribution is 6.30. The van der Waals surface area contributed by atoms with Crippen LogP contribution in [0.4, 0.5) is 5.69 Å². The molecule has 7 heteroatoms. The van der Waals surface area contributed by atoms with Gasteiger partial charge in [0.1, 0.15) is 12.4 Å². The molecule has 0 saturated heterocycles. The number of aryl methyl sites for hydroxylation is 1. The van der Waals surface area contributed by atoms with Crippen molar-refractivity contribution >= 4 is 29.0 Å². The van der Waals surface area contributed by atoms with E-state index in [-0.39, 0.29) is 23.8 Å². The second-order valence-electron chi connectivity index (χ2n) is 6.54. The van der Waals surface area contributed by atoms with Crippen molar-refractivity contribution in [2.24, 2.45) is 0 Å². The molecular weight excluding hydrogens is 390 g/mol. The van der Waals surface area contributed by atoms with E-state index in [2.05, 4.69) is 10.3 Å². The molecule has 0 aliphatic heterocycles. The number of anilines is 1. The Morgan fingerprint density at radius 1 is 1.10 bits per heavy atom. The molecule has 0 spiro atoms. The van der Waals surface area contributed by atoms with Crippen LogP contribution in [0.2, 0.25) is 5.02 Å². The zero-order chi connectivity index (χ0) is 21.0. The summed E-state index contributed by atoms with van der Waals surface area (Å²) in [5, 5.41) is 3.25. The normalized spacial score (nSPS) is 10.6. The van der Waals surface area contributed by atoms with Crippen LogP contribution in [0.5, 0.6) is 0 Å². The smallest absolute Gasteiger partial charge is 0.254 e. The van der Waals surface area contributed by atoms with Gasteiger partial charge in [-0.1, -0.05) is 30.7 Å². The van der Waals surface area contributed by atoms with Crippen molar-refractivity contribution in [1.29, 1.82) is 0 Å². The molecule has 0 radical (unpaired) electrons. The second-order valence-corrected chi connectivity index (χ2v) is 6.98. The second kappa shape index (κ2) is 8.84. The summed E-state index contributed by atoms with van der Waals surface area (Å²) in [6.07, 6.45) is 0.596. The van der Waals surface area contributed by atoms with Crippen molar-refractivity contribution in [3.63, 3.8) is 0 Å². The van der Waals surface area contributed by atoms with Crippen LogP contribution in [0.1, 0.15) is 29.9 Å². The molecule has 2 aromatic carbocycles. The van der Waals surface area contributed by atoms with Crippen LogP contribution in [0, 0.1) is 0 Å². The summed E-state index contributed by atoms with van der Waals surface area (Å²) >= 11 is 6.09. The third-order valence-corrected chi connectivity index (χ3v) is 4.62. The maximum Gasteiger partial charge on any atom is 0.254 e. The Bertz CT molecular complexity index is 1120. The molecule has 1 heterocycles. The average molecular weight is 410 g/mol. The van der Waals surface area contributed by atoms with Gasteiger partial charge >= 0.3 is 0 Å². The van der Waals surface area contributed by atoms with E-state index in [0.717, 1.165) is 0 Å². The first-order chi connectivity index (χ1) is 13.9. The first-order valence-corrected chi connectivity index (χ1v) is 9.52. The summed E-state index contributed by atoms with van der Waals surface area (Å²) < 4.78 is 1.32. The molecule has 0 bridgehead atoms. The average Bonchev–Trinajstić information content (AvgIpc) is 2.69. The predicted molar refractivity (Wildman–Crippen MR) is 113 cm³/mol. The number of hydrogen-bond donors (Lipinski definition) is 1. The van der Waals surface area contributed by atoms with E-state index < -0.39 is 0 Å².